The maximum atomic E-state index is 9.36. The molecule has 2 heterocycles. The molecule has 1 aromatic rings. The maximum absolute atomic E-state index is 9.36. The number of aromatic nitrogens is 2. The average molecular weight is 165 g/mol. The van der Waals surface area contributed by atoms with E-state index < -0.39 is 0 Å². The molecule has 0 unspecified atom stereocenters. The van der Waals surface area contributed by atoms with Crippen LogP contribution in [0.15, 0.2) is 12.3 Å². The van der Waals surface area contributed by atoms with Crippen molar-refractivity contribution in [3.8, 4) is 5.88 Å². The van der Waals surface area contributed by atoms with Gasteiger partial charge in [0.25, 0.3) is 5.88 Å². The third kappa shape index (κ3) is 1.20. The summed E-state index contributed by atoms with van der Waals surface area (Å²) in [5, 5.41) is 16.5. The topological polar surface area (TPSA) is 49.3 Å². The molecule has 1 saturated heterocycles. The van der Waals surface area contributed by atoms with Gasteiger partial charge >= 0.3 is 0 Å². The highest BCUT2D eigenvalue weighted by atomic mass is 16.3. The summed E-state index contributed by atoms with van der Waals surface area (Å²) in [5.74, 6) is 0.0411. The van der Waals surface area contributed by atoms with Gasteiger partial charge in [0.2, 0.25) is 0 Å². The van der Waals surface area contributed by atoms with E-state index in [9.17, 15) is 5.11 Å². The lowest BCUT2D eigenvalue weighted by Crippen LogP contribution is -2.17. The van der Waals surface area contributed by atoms with Gasteiger partial charge < -0.3 is 10.0 Å². The van der Waals surface area contributed by atoms with E-state index in [1.807, 2.05) is 0 Å². The molecule has 12 heavy (non-hydrogen) atoms. The van der Waals surface area contributed by atoms with Crippen molar-refractivity contribution in [3.63, 3.8) is 0 Å². The molecule has 0 aliphatic carbocycles. The van der Waals surface area contributed by atoms with Gasteiger partial charge in [-0.15, -0.1) is 5.10 Å². The molecule has 64 valence electrons. The Bertz CT molecular complexity index is 271. The Morgan fingerprint density at radius 1 is 1.33 bits per heavy atom. The van der Waals surface area contributed by atoms with Crippen molar-refractivity contribution in [2.24, 2.45) is 0 Å². The summed E-state index contributed by atoms with van der Waals surface area (Å²) in [6, 6.07) is 1.80. The molecule has 0 aromatic carbocycles. The molecule has 1 aromatic heterocycles. The van der Waals surface area contributed by atoms with Crippen LogP contribution < -0.4 is 4.90 Å². The van der Waals surface area contributed by atoms with Crippen molar-refractivity contribution in [1.29, 1.82) is 0 Å². The molecule has 0 amide bonds. The Kier molecular flexibility index (Phi) is 1.81. The molecule has 0 bridgehead atoms. The minimum absolute atomic E-state index is 0.0411. The molecule has 4 heteroatoms. The normalized spacial score (nSPS) is 16.8. The Labute approximate surface area is 70.8 Å². The van der Waals surface area contributed by atoms with Gasteiger partial charge in [-0.05, 0) is 18.9 Å². The van der Waals surface area contributed by atoms with Crippen LogP contribution >= 0.6 is 0 Å². The van der Waals surface area contributed by atoms with Gasteiger partial charge in [-0.25, -0.2) is 0 Å². The van der Waals surface area contributed by atoms with Crippen LogP contribution in [0.25, 0.3) is 0 Å². The van der Waals surface area contributed by atoms with Crippen LogP contribution in [0.5, 0.6) is 5.88 Å². The second-order valence-corrected chi connectivity index (χ2v) is 2.93. The average Bonchev–Trinajstić information content (AvgIpc) is 2.57. The van der Waals surface area contributed by atoms with Crippen LogP contribution in [-0.2, 0) is 0 Å². The standard InChI is InChI=1S/C8H11N3O/c12-8-7(3-4-9-10-8)11-5-1-2-6-11/h3-4H,1-2,5-6H2,(H,10,12). The largest absolute Gasteiger partial charge is 0.491 e. The number of hydrogen-bond donors (Lipinski definition) is 1. The fourth-order valence-electron chi connectivity index (χ4n) is 1.52. The summed E-state index contributed by atoms with van der Waals surface area (Å²) in [5.41, 5.74) is 0.808. The van der Waals surface area contributed by atoms with Crippen LogP contribution in [0.2, 0.25) is 0 Å². The van der Waals surface area contributed by atoms with E-state index in [0.29, 0.717) is 0 Å². The molecule has 1 aliphatic rings. The SMILES string of the molecule is Oc1nnccc1N1CCCC1. The smallest absolute Gasteiger partial charge is 0.254 e. The Balaban J connectivity index is 2.26. The molecule has 0 spiro atoms. The Hall–Kier alpha value is -1.32. The fourth-order valence-corrected chi connectivity index (χ4v) is 1.52. The van der Waals surface area contributed by atoms with Crippen LogP contribution in [0.3, 0.4) is 0 Å². The van der Waals surface area contributed by atoms with Crippen LogP contribution in [-0.4, -0.2) is 28.4 Å². The number of rotatable bonds is 1. The second kappa shape index (κ2) is 2.97. The summed E-state index contributed by atoms with van der Waals surface area (Å²) in [6.07, 6.45) is 4.00. The van der Waals surface area contributed by atoms with Gasteiger partial charge in [-0.2, -0.15) is 5.10 Å². The summed E-state index contributed by atoms with van der Waals surface area (Å²) >= 11 is 0. The molecule has 4 nitrogen and oxygen atoms in total. The summed E-state index contributed by atoms with van der Waals surface area (Å²) in [7, 11) is 0. The van der Waals surface area contributed by atoms with Gasteiger partial charge in [0.05, 0.1) is 6.20 Å². The summed E-state index contributed by atoms with van der Waals surface area (Å²) in [6.45, 7) is 2.03. The van der Waals surface area contributed by atoms with Crippen molar-refractivity contribution < 1.29 is 5.11 Å². The molecule has 0 saturated carbocycles. The summed E-state index contributed by atoms with van der Waals surface area (Å²) < 4.78 is 0. The Morgan fingerprint density at radius 2 is 2.08 bits per heavy atom. The zero-order valence-electron chi connectivity index (χ0n) is 6.77. The first-order chi connectivity index (χ1) is 5.88. The molecule has 1 fully saturated rings. The molecule has 0 atom stereocenters. The maximum Gasteiger partial charge on any atom is 0.254 e. The first-order valence-corrected chi connectivity index (χ1v) is 4.13. The van der Waals surface area contributed by atoms with Gasteiger partial charge in [-0.3, -0.25) is 0 Å². The van der Waals surface area contributed by atoms with E-state index in [1.54, 1.807) is 12.3 Å². The first-order valence-electron chi connectivity index (χ1n) is 4.13. The molecular formula is C8H11N3O. The number of anilines is 1. The Morgan fingerprint density at radius 3 is 2.75 bits per heavy atom. The lowest BCUT2D eigenvalue weighted by molar-refractivity contribution is 0.445. The van der Waals surface area contributed by atoms with E-state index in [1.165, 1.54) is 12.8 Å². The predicted octanol–water partition coefficient (Wildman–Crippen LogP) is 0.782. The van der Waals surface area contributed by atoms with E-state index >= 15 is 0 Å². The molecule has 1 aliphatic heterocycles. The lowest BCUT2D eigenvalue weighted by Gasteiger charge is -2.16. The number of nitrogens with zero attached hydrogens (tertiary/aromatic N) is 3. The van der Waals surface area contributed by atoms with Gasteiger partial charge in [-0.1, -0.05) is 0 Å². The highest BCUT2D eigenvalue weighted by molar-refractivity contribution is 5.53. The van der Waals surface area contributed by atoms with Crippen molar-refractivity contribution in [2.45, 2.75) is 12.8 Å². The highest BCUT2D eigenvalue weighted by Crippen LogP contribution is 2.26. The first kappa shape index (κ1) is 7.34. The van der Waals surface area contributed by atoms with Crippen LogP contribution in [0.1, 0.15) is 12.8 Å². The van der Waals surface area contributed by atoms with Crippen molar-refractivity contribution >= 4 is 5.69 Å². The van der Waals surface area contributed by atoms with E-state index in [2.05, 4.69) is 15.1 Å². The monoisotopic (exact) mass is 165 g/mol. The third-order valence-corrected chi connectivity index (χ3v) is 2.13. The summed E-state index contributed by atoms with van der Waals surface area (Å²) in [4.78, 5) is 2.13. The minimum atomic E-state index is 0.0411. The van der Waals surface area contributed by atoms with Crippen molar-refractivity contribution in [2.75, 3.05) is 18.0 Å². The van der Waals surface area contributed by atoms with Gasteiger partial charge in [0, 0.05) is 13.1 Å². The minimum Gasteiger partial charge on any atom is -0.491 e. The predicted molar refractivity (Wildman–Crippen MR) is 45.1 cm³/mol. The zero-order chi connectivity index (χ0) is 8.39. The molecule has 2 rings (SSSR count). The zero-order valence-corrected chi connectivity index (χ0v) is 6.77. The van der Waals surface area contributed by atoms with E-state index in [-0.39, 0.29) is 5.88 Å². The van der Waals surface area contributed by atoms with Crippen LogP contribution in [0, 0.1) is 0 Å². The van der Waals surface area contributed by atoms with Gasteiger partial charge in [0.15, 0.2) is 0 Å². The van der Waals surface area contributed by atoms with E-state index in [0.717, 1.165) is 18.8 Å². The number of hydrogen-bond acceptors (Lipinski definition) is 4. The van der Waals surface area contributed by atoms with E-state index in [4.69, 9.17) is 0 Å². The van der Waals surface area contributed by atoms with Crippen molar-refractivity contribution in [1.82, 2.24) is 10.2 Å². The van der Waals surface area contributed by atoms with Crippen molar-refractivity contribution in [3.05, 3.63) is 12.3 Å². The second-order valence-electron chi connectivity index (χ2n) is 2.93. The lowest BCUT2D eigenvalue weighted by atomic mass is 10.4. The molecule has 1 N–H and O–H groups in total. The molecular weight excluding hydrogens is 154 g/mol. The van der Waals surface area contributed by atoms with Crippen LogP contribution in [0.4, 0.5) is 5.69 Å². The molecule has 0 radical (unpaired) electrons. The number of aromatic hydroxyl groups is 1. The highest BCUT2D eigenvalue weighted by Gasteiger charge is 2.15. The third-order valence-electron chi connectivity index (χ3n) is 2.13. The quantitative estimate of drug-likeness (QED) is 0.668. The van der Waals surface area contributed by atoms with Gasteiger partial charge in [0.1, 0.15) is 5.69 Å². The fraction of sp³-hybridized carbons (Fsp3) is 0.500.